The predicted molar refractivity (Wildman–Crippen MR) is 78.0 cm³/mol. The Balaban J connectivity index is 2.04. The van der Waals surface area contributed by atoms with Gasteiger partial charge in [0.15, 0.2) is 0 Å². The van der Waals surface area contributed by atoms with Crippen molar-refractivity contribution in [2.45, 2.75) is 51.6 Å². The maximum absolute atomic E-state index is 12.5. The number of carbonyl (C=O) groups is 1. The van der Waals surface area contributed by atoms with Crippen LogP contribution in [0.15, 0.2) is 24.3 Å². The fraction of sp³-hybridized carbons (Fsp3) is 0.562. The van der Waals surface area contributed by atoms with Crippen LogP contribution < -0.4 is 10.6 Å². The molecule has 3 nitrogen and oxygen atoms in total. The van der Waals surface area contributed by atoms with E-state index in [4.69, 9.17) is 0 Å². The van der Waals surface area contributed by atoms with Crippen LogP contribution in [-0.4, -0.2) is 18.0 Å². The molecule has 0 spiro atoms. The first kappa shape index (κ1) is 14.1. The van der Waals surface area contributed by atoms with E-state index in [0.717, 1.165) is 31.4 Å². The van der Waals surface area contributed by atoms with Gasteiger partial charge in [-0.25, -0.2) is 0 Å². The zero-order valence-corrected chi connectivity index (χ0v) is 12.1. The van der Waals surface area contributed by atoms with E-state index in [-0.39, 0.29) is 17.5 Å². The molecule has 1 fully saturated rings. The lowest BCUT2D eigenvalue weighted by atomic mass is 9.92. The van der Waals surface area contributed by atoms with Gasteiger partial charge >= 0.3 is 0 Å². The normalized spacial score (nSPS) is 24.2. The third-order valence-electron chi connectivity index (χ3n) is 4.21. The Hall–Kier alpha value is -1.35. The maximum atomic E-state index is 12.5. The molecular formula is C16H24N2O. The highest BCUT2D eigenvalue weighted by atomic mass is 16.2. The molecule has 0 bridgehead atoms. The number of benzene rings is 1. The van der Waals surface area contributed by atoms with E-state index in [1.165, 1.54) is 5.56 Å². The molecule has 19 heavy (non-hydrogen) atoms. The molecule has 0 saturated carbocycles. The van der Waals surface area contributed by atoms with Gasteiger partial charge in [0.2, 0.25) is 5.91 Å². The first-order chi connectivity index (χ1) is 9.07. The van der Waals surface area contributed by atoms with Gasteiger partial charge in [0.25, 0.3) is 0 Å². The Bertz CT molecular complexity index is 433. The average Bonchev–Trinajstić information content (AvgIpc) is 2.89. The number of amides is 1. The molecule has 1 aliphatic heterocycles. The minimum Gasteiger partial charge on any atom is -0.348 e. The molecule has 1 unspecified atom stereocenters. The maximum Gasteiger partial charge on any atom is 0.240 e. The minimum atomic E-state index is -0.348. The summed E-state index contributed by atoms with van der Waals surface area (Å²) < 4.78 is 0. The fourth-order valence-corrected chi connectivity index (χ4v) is 2.74. The second-order valence-corrected chi connectivity index (χ2v) is 5.57. The Kier molecular flexibility index (Phi) is 4.25. The van der Waals surface area contributed by atoms with Gasteiger partial charge in [0, 0.05) is 0 Å². The summed E-state index contributed by atoms with van der Waals surface area (Å²) in [7, 11) is 0. The Morgan fingerprint density at radius 1 is 1.42 bits per heavy atom. The molecule has 1 saturated heterocycles. The average molecular weight is 260 g/mol. The van der Waals surface area contributed by atoms with Gasteiger partial charge in [-0.2, -0.15) is 0 Å². The molecule has 1 aliphatic rings. The number of hydrogen-bond acceptors (Lipinski definition) is 2. The van der Waals surface area contributed by atoms with Gasteiger partial charge in [-0.1, -0.05) is 36.8 Å². The molecule has 1 aromatic rings. The lowest BCUT2D eigenvalue weighted by molar-refractivity contribution is -0.128. The molecule has 1 aromatic carbocycles. The van der Waals surface area contributed by atoms with Crippen molar-refractivity contribution in [2.75, 3.05) is 6.54 Å². The SMILES string of the molecule is CCC1(C(=O)N[C@@H](C)c2ccc(C)cc2)CCCN1. The monoisotopic (exact) mass is 260 g/mol. The molecule has 2 rings (SSSR count). The number of carbonyl (C=O) groups excluding carboxylic acids is 1. The molecular weight excluding hydrogens is 236 g/mol. The van der Waals surface area contributed by atoms with Crippen molar-refractivity contribution >= 4 is 5.91 Å². The lowest BCUT2D eigenvalue weighted by Crippen LogP contribution is -2.53. The quantitative estimate of drug-likeness (QED) is 0.874. The highest BCUT2D eigenvalue weighted by molar-refractivity contribution is 5.87. The molecule has 104 valence electrons. The van der Waals surface area contributed by atoms with Crippen LogP contribution in [0, 0.1) is 6.92 Å². The van der Waals surface area contributed by atoms with E-state index in [2.05, 4.69) is 48.7 Å². The van der Waals surface area contributed by atoms with E-state index in [1.54, 1.807) is 0 Å². The van der Waals surface area contributed by atoms with Crippen molar-refractivity contribution in [2.24, 2.45) is 0 Å². The van der Waals surface area contributed by atoms with Crippen molar-refractivity contribution in [1.29, 1.82) is 0 Å². The standard InChI is InChI=1S/C16H24N2O/c1-4-16(10-5-11-17-16)15(19)18-13(3)14-8-6-12(2)7-9-14/h6-9,13,17H,4-5,10-11H2,1-3H3,(H,18,19)/t13-,16?/m0/s1. The topological polar surface area (TPSA) is 41.1 Å². The molecule has 0 radical (unpaired) electrons. The largest absolute Gasteiger partial charge is 0.348 e. The zero-order chi connectivity index (χ0) is 13.9. The minimum absolute atomic E-state index is 0.0546. The van der Waals surface area contributed by atoms with Crippen LogP contribution in [0.2, 0.25) is 0 Å². The van der Waals surface area contributed by atoms with Crippen LogP contribution in [0.3, 0.4) is 0 Å². The van der Waals surface area contributed by atoms with Crippen molar-refractivity contribution in [3.63, 3.8) is 0 Å². The van der Waals surface area contributed by atoms with Gasteiger partial charge in [-0.3, -0.25) is 4.79 Å². The molecule has 0 aliphatic carbocycles. The number of rotatable bonds is 4. The molecule has 1 heterocycles. The summed E-state index contributed by atoms with van der Waals surface area (Å²) in [4.78, 5) is 12.5. The second kappa shape index (κ2) is 5.74. The summed E-state index contributed by atoms with van der Waals surface area (Å²) in [5, 5.41) is 6.52. The third kappa shape index (κ3) is 2.98. The van der Waals surface area contributed by atoms with Gasteiger partial charge in [-0.05, 0) is 45.2 Å². The number of nitrogens with one attached hydrogen (secondary N) is 2. The van der Waals surface area contributed by atoms with E-state index in [9.17, 15) is 4.79 Å². The van der Waals surface area contributed by atoms with Crippen LogP contribution in [0.4, 0.5) is 0 Å². The fourth-order valence-electron chi connectivity index (χ4n) is 2.74. The first-order valence-electron chi connectivity index (χ1n) is 7.20. The number of hydrogen-bond donors (Lipinski definition) is 2. The summed E-state index contributed by atoms with van der Waals surface area (Å²) in [6.45, 7) is 7.14. The second-order valence-electron chi connectivity index (χ2n) is 5.57. The van der Waals surface area contributed by atoms with Crippen molar-refractivity contribution in [1.82, 2.24) is 10.6 Å². The Labute approximate surface area is 115 Å². The molecule has 1 amide bonds. The Morgan fingerprint density at radius 3 is 2.63 bits per heavy atom. The van der Waals surface area contributed by atoms with Gasteiger partial charge < -0.3 is 10.6 Å². The predicted octanol–water partition coefficient (Wildman–Crippen LogP) is 2.70. The van der Waals surface area contributed by atoms with E-state index in [1.807, 2.05) is 6.92 Å². The van der Waals surface area contributed by atoms with Crippen molar-refractivity contribution < 1.29 is 4.79 Å². The Morgan fingerprint density at radius 2 is 2.11 bits per heavy atom. The third-order valence-corrected chi connectivity index (χ3v) is 4.21. The van der Waals surface area contributed by atoms with Crippen molar-refractivity contribution in [3.05, 3.63) is 35.4 Å². The van der Waals surface area contributed by atoms with Crippen LogP contribution in [0.5, 0.6) is 0 Å². The number of aryl methyl sites for hydroxylation is 1. The van der Waals surface area contributed by atoms with E-state index < -0.39 is 0 Å². The highest BCUT2D eigenvalue weighted by Crippen LogP contribution is 2.24. The summed E-state index contributed by atoms with van der Waals surface area (Å²) in [6.07, 6.45) is 2.87. The van der Waals surface area contributed by atoms with E-state index >= 15 is 0 Å². The summed E-state index contributed by atoms with van der Waals surface area (Å²) in [6, 6.07) is 8.39. The molecule has 2 atom stereocenters. The van der Waals surface area contributed by atoms with Gasteiger partial charge in [0.05, 0.1) is 11.6 Å². The van der Waals surface area contributed by atoms with Crippen LogP contribution >= 0.6 is 0 Å². The summed E-state index contributed by atoms with van der Waals surface area (Å²) in [5.74, 6) is 0.139. The first-order valence-corrected chi connectivity index (χ1v) is 7.20. The summed E-state index contributed by atoms with van der Waals surface area (Å²) >= 11 is 0. The zero-order valence-electron chi connectivity index (χ0n) is 12.1. The molecule has 3 heteroatoms. The molecule has 2 N–H and O–H groups in total. The van der Waals surface area contributed by atoms with Crippen LogP contribution in [0.1, 0.15) is 50.3 Å². The molecule has 0 aromatic heterocycles. The van der Waals surface area contributed by atoms with E-state index in [0.29, 0.717) is 0 Å². The van der Waals surface area contributed by atoms with Crippen LogP contribution in [0.25, 0.3) is 0 Å². The van der Waals surface area contributed by atoms with Gasteiger partial charge in [0.1, 0.15) is 0 Å². The van der Waals surface area contributed by atoms with Crippen molar-refractivity contribution in [3.8, 4) is 0 Å². The highest BCUT2D eigenvalue weighted by Gasteiger charge is 2.39. The summed E-state index contributed by atoms with van der Waals surface area (Å²) in [5.41, 5.74) is 2.05. The lowest BCUT2D eigenvalue weighted by Gasteiger charge is -2.28. The smallest absolute Gasteiger partial charge is 0.240 e. The van der Waals surface area contributed by atoms with Gasteiger partial charge in [-0.15, -0.1) is 0 Å². The van der Waals surface area contributed by atoms with Crippen LogP contribution in [-0.2, 0) is 4.79 Å².